The van der Waals surface area contributed by atoms with Crippen molar-refractivity contribution in [1.29, 1.82) is 0 Å². The van der Waals surface area contributed by atoms with Gasteiger partial charge in [0.1, 0.15) is 12.4 Å². The van der Waals surface area contributed by atoms with Crippen molar-refractivity contribution < 1.29 is 4.74 Å². The molecule has 0 radical (unpaired) electrons. The van der Waals surface area contributed by atoms with Crippen LogP contribution in [0, 0.1) is 6.92 Å². The summed E-state index contributed by atoms with van der Waals surface area (Å²) in [6.45, 7) is 2.43. The third-order valence-corrected chi connectivity index (χ3v) is 2.84. The molecule has 0 aliphatic carbocycles. The minimum atomic E-state index is 0.426. The Hall–Kier alpha value is -1.67. The second-order valence-corrected chi connectivity index (χ2v) is 4.33. The zero-order chi connectivity index (χ0) is 12.3. The molecule has 0 bridgehead atoms. The van der Waals surface area contributed by atoms with Gasteiger partial charge < -0.3 is 10.5 Å². The molecule has 0 spiro atoms. The Kier molecular flexibility index (Phi) is 3.55. The Balaban J connectivity index is 2.12. The molecule has 0 saturated carbocycles. The van der Waals surface area contributed by atoms with Crippen molar-refractivity contribution in [1.82, 2.24) is 0 Å². The number of nitrogens with two attached hydrogens (primary N) is 1. The van der Waals surface area contributed by atoms with Gasteiger partial charge in [0, 0.05) is 11.3 Å². The van der Waals surface area contributed by atoms with Crippen molar-refractivity contribution >= 4 is 17.3 Å². The third kappa shape index (κ3) is 2.92. The zero-order valence-corrected chi connectivity index (χ0v) is 10.4. The van der Waals surface area contributed by atoms with Crippen molar-refractivity contribution in [3.8, 4) is 5.75 Å². The molecule has 0 heterocycles. The second kappa shape index (κ2) is 5.11. The molecular weight excluding hydrogens is 234 g/mol. The van der Waals surface area contributed by atoms with Crippen LogP contribution >= 0.6 is 11.6 Å². The molecule has 0 amide bonds. The van der Waals surface area contributed by atoms with Gasteiger partial charge in [-0.25, -0.2) is 0 Å². The van der Waals surface area contributed by atoms with Crippen molar-refractivity contribution in [3.63, 3.8) is 0 Å². The molecule has 2 aromatic rings. The van der Waals surface area contributed by atoms with E-state index in [0.29, 0.717) is 17.4 Å². The lowest BCUT2D eigenvalue weighted by Crippen LogP contribution is -2.00. The maximum absolute atomic E-state index is 6.05. The normalized spacial score (nSPS) is 10.2. The van der Waals surface area contributed by atoms with E-state index < -0.39 is 0 Å². The Bertz CT molecular complexity index is 525. The number of rotatable bonds is 3. The van der Waals surface area contributed by atoms with Gasteiger partial charge in [0.2, 0.25) is 0 Å². The number of hydrogen-bond donors (Lipinski definition) is 1. The molecule has 0 saturated heterocycles. The maximum Gasteiger partial charge on any atom is 0.138 e. The van der Waals surface area contributed by atoms with Crippen molar-refractivity contribution in [2.45, 2.75) is 13.5 Å². The minimum absolute atomic E-state index is 0.426. The Morgan fingerprint density at radius 2 is 1.94 bits per heavy atom. The summed E-state index contributed by atoms with van der Waals surface area (Å²) in [6.07, 6.45) is 0. The molecule has 2 nitrogen and oxygen atoms in total. The molecule has 2 N–H and O–H groups in total. The predicted molar refractivity (Wildman–Crippen MR) is 71.4 cm³/mol. The highest BCUT2D eigenvalue weighted by molar-refractivity contribution is 6.32. The quantitative estimate of drug-likeness (QED) is 0.837. The summed E-state index contributed by atoms with van der Waals surface area (Å²) in [4.78, 5) is 0. The van der Waals surface area contributed by atoms with Crippen LogP contribution in [0.3, 0.4) is 0 Å². The number of para-hydroxylation sites is 1. The number of anilines is 1. The largest absolute Gasteiger partial charge is 0.487 e. The monoisotopic (exact) mass is 247 g/mol. The molecule has 17 heavy (non-hydrogen) atoms. The molecule has 0 fully saturated rings. The van der Waals surface area contributed by atoms with Gasteiger partial charge >= 0.3 is 0 Å². The lowest BCUT2D eigenvalue weighted by Gasteiger charge is -2.10. The van der Waals surface area contributed by atoms with Crippen LogP contribution in [-0.2, 0) is 6.61 Å². The maximum atomic E-state index is 6.05. The fraction of sp³-hybridized carbons (Fsp3) is 0.143. The molecule has 0 aromatic heterocycles. The van der Waals surface area contributed by atoms with Crippen LogP contribution in [-0.4, -0.2) is 0 Å². The summed E-state index contributed by atoms with van der Waals surface area (Å²) in [7, 11) is 0. The predicted octanol–water partition coefficient (Wildman–Crippen LogP) is 3.81. The highest BCUT2D eigenvalue weighted by atomic mass is 35.5. The molecule has 0 unspecified atom stereocenters. The lowest BCUT2D eigenvalue weighted by molar-refractivity contribution is 0.307. The Labute approximate surface area is 106 Å². The fourth-order valence-corrected chi connectivity index (χ4v) is 1.71. The third-order valence-electron chi connectivity index (χ3n) is 2.52. The standard InChI is InChI=1S/C14H14ClNO/c1-10-6-7-12(15)14(8-10)17-9-11-4-2-3-5-13(11)16/h2-8H,9,16H2,1H3. The molecule has 3 heteroatoms. The van der Waals surface area contributed by atoms with E-state index in [9.17, 15) is 0 Å². The highest BCUT2D eigenvalue weighted by Gasteiger charge is 2.03. The first-order valence-corrected chi connectivity index (χ1v) is 5.77. The molecule has 2 rings (SSSR count). The number of ether oxygens (including phenoxy) is 1. The van der Waals surface area contributed by atoms with E-state index >= 15 is 0 Å². The number of hydrogen-bond acceptors (Lipinski definition) is 2. The van der Waals surface area contributed by atoms with E-state index in [-0.39, 0.29) is 0 Å². The van der Waals surface area contributed by atoms with Crippen LogP contribution < -0.4 is 10.5 Å². The van der Waals surface area contributed by atoms with Gasteiger partial charge in [-0.1, -0.05) is 35.9 Å². The smallest absolute Gasteiger partial charge is 0.138 e. The van der Waals surface area contributed by atoms with Gasteiger partial charge in [0.25, 0.3) is 0 Å². The second-order valence-electron chi connectivity index (χ2n) is 3.92. The summed E-state index contributed by atoms with van der Waals surface area (Å²) in [6, 6.07) is 13.3. The molecule has 88 valence electrons. The van der Waals surface area contributed by atoms with Crippen LogP contribution in [0.1, 0.15) is 11.1 Å². The summed E-state index contributed by atoms with van der Waals surface area (Å²) in [5, 5.41) is 0.616. The molecular formula is C14H14ClNO. The fourth-order valence-electron chi connectivity index (χ4n) is 1.54. The van der Waals surface area contributed by atoms with Crippen LogP contribution in [0.15, 0.2) is 42.5 Å². The lowest BCUT2D eigenvalue weighted by atomic mass is 10.2. The number of aryl methyl sites for hydroxylation is 1. The van der Waals surface area contributed by atoms with Gasteiger partial charge in [-0.3, -0.25) is 0 Å². The van der Waals surface area contributed by atoms with E-state index in [1.54, 1.807) is 0 Å². The number of benzene rings is 2. The average Bonchev–Trinajstić information content (AvgIpc) is 2.32. The van der Waals surface area contributed by atoms with Gasteiger partial charge in [-0.15, -0.1) is 0 Å². The van der Waals surface area contributed by atoms with Gasteiger partial charge in [0.15, 0.2) is 0 Å². The van der Waals surface area contributed by atoms with E-state index in [0.717, 1.165) is 16.8 Å². The first kappa shape index (κ1) is 11.8. The van der Waals surface area contributed by atoms with E-state index in [1.807, 2.05) is 49.4 Å². The zero-order valence-electron chi connectivity index (χ0n) is 9.61. The summed E-state index contributed by atoms with van der Waals surface area (Å²) in [5.41, 5.74) is 8.65. The first-order valence-electron chi connectivity index (χ1n) is 5.39. The Morgan fingerprint density at radius 3 is 2.71 bits per heavy atom. The van der Waals surface area contributed by atoms with Gasteiger partial charge in [-0.05, 0) is 30.7 Å². The van der Waals surface area contributed by atoms with Crippen molar-refractivity contribution in [2.75, 3.05) is 5.73 Å². The number of nitrogen functional groups attached to an aromatic ring is 1. The first-order chi connectivity index (χ1) is 8.16. The topological polar surface area (TPSA) is 35.2 Å². The SMILES string of the molecule is Cc1ccc(Cl)c(OCc2ccccc2N)c1. The summed E-state index contributed by atoms with van der Waals surface area (Å²) in [5.74, 6) is 0.690. The molecule has 2 aromatic carbocycles. The van der Waals surface area contributed by atoms with Gasteiger partial charge in [0.05, 0.1) is 5.02 Å². The summed E-state index contributed by atoms with van der Waals surface area (Å²) < 4.78 is 5.67. The number of halogens is 1. The van der Waals surface area contributed by atoms with Gasteiger partial charge in [-0.2, -0.15) is 0 Å². The van der Waals surface area contributed by atoms with Crippen molar-refractivity contribution in [2.24, 2.45) is 0 Å². The minimum Gasteiger partial charge on any atom is -0.487 e. The highest BCUT2D eigenvalue weighted by Crippen LogP contribution is 2.26. The summed E-state index contributed by atoms with van der Waals surface area (Å²) >= 11 is 6.05. The average molecular weight is 248 g/mol. The van der Waals surface area contributed by atoms with E-state index in [2.05, 4.69) is 0 Å². The van der Waals surface area contributed by atoms with Crippen molar-refractivity contribution in [3.05, 3.63) is 58.6 Å². The van der Waals surface area contributed by atoms with Crippen LogP contribution in [0.2, 0.25) is 5.02 Å². The molecule has 0 aliphatic rings. The van der Waals surface area contributed by atoms with E-state index in [1.165, 1.54) is 0 Å². The van der Waals surface area contributed by atoms with E-state index in [4.69, 9.17) is 22.1 Å². The molecule has 0 atom stereocenters. The van der Waals surface area contributed by atoms with Crippen LogP contribution in [0.4, 0.5) is 5.69 Å². The van der Waals surface area contributed by atoms with Crippen LogP contribution in [0.25, 0.3) is 0 Å². The van der Waals surface area contributed by atoms with Crippen LogP contribution in [0.5, 0.6) is 5.75 Å². The Morgan fingerprint density at radius 1 is 1.18 bits per heavy atom. The molecule has 0 aliphatic heterocycles.